The Hall–Kier alpha value is -4.92. The molecule has 208 valence electrons. The van der Waals surface area contributed by atoms with Gasteiger partial charge < -0.3 is 19.5 Å². The summed E-state index contributed by atoms with van der Waals surface area (Å²) >= 11 is 0. The molecular weight excluding hydrogens is 516 g/mol. The predicted octanol–water partition coefficient (Wildman–Crippen LogP) is 5.23. The second-order valence-corrected chi connectivity index (χ2v) is 10.4. The zero-order valence-electron chi connectivity index (χ0n) is 23.2. The Morgan fingerprint density at radius 3 is 2.29 bits per heavy atom. The molecule has 0 bridgehead atoms. The molecule has 1 saturated heterocycles. The number of rotatable bonds is 6. The molecule has 9 heteroatoms. The van der Waals surface area contributed by atoms with Gasteiger partial charge in [0.1, 0.15) is 23.5 Å². The van der Waals surface area contributed by atoms with Crippen LogP contribution in [0.3, 0.4) is 0 Å². The molecule has 0 saturated carbocycles. The van der Waals surface area contributed by atoms with E-state index in [2.05, 4.69) is 27.1 Å². The lowest BCUT2D eigenvalue weighted by atomic mass is 10.0. The van der Waals surface area contributed by atoms with Gasteiger partial charge in [-0.2, -0.15) is 5.10 Å². The third-order valence-corrected chi connectivity index (χ3v) is 7.75. The zero-order chi connectivity index (χ0) is 28.3. The van der Waals surface area contributed by atoms with Gasteiger partial charge in [-0.25, -0.2) is 14.5 Å². The highest BCUT2D eigenvalue weighted by Crippen LogP contribution is 2.27. The summed E-state index contributed by atoms with van der Waals surface area (Å²) in [7, 11) is 3.62. The fraction of sp³-hybridized carbons (Fsp3) is 0.250. The summed E-state index contributed by atoms with van der Waals surface area (Å²) in [5.41, 5.74) is 4.72. The Bertz CT molecular complexity index is 1710. The maximum atomic E-state index is 13.1. The molecule has 0 radical (unpaired) electrons. The number of nitrogens with one attached hydrogen (secondary N) is 1. The molecule has 1 amide bonds. The quantitative estimate of drug-likeness (QED) is 0.312. The molecule has 3 heterocycles. The monoisotopic (exact) mass is 548 g/mol. The number of ether oxygens (including phenoxy) is 1. The number of fused-ring (bicyclic) bond motifs is 1. The molecule has 1 aliphatic rings. The highest BCUT2D eigenvalue weighted by Gasteiger charge is 2.26. The number of piperidine rings is 1. The SMILES string of the molecule is CN(C(=O)OCc1ccccc1)C1CCN(c2ccc(-c3nc4c(c(-c5ccccc5)nn4C)c(=O)[nH]3)cc2)CC1. The highest BCUT2D eigenvalue weighted by atomic mass is 16.6. The fourth-order valence-corrected chi connectivity index (χ4v) is 5.40. The highest BCUT2D eigenvalue weighted by molar-refractivity contribution is 5.91. The minimum Gasteiger partial charge on any atom is -0.445 e. The van der Waals surface area contributed by atoms with Crippen molar-refractivity contribution in [2.45, 2.75) is 25.5 Å². The van der Waals surface area contributed by atoms with Crippen molar-refractivity contribution in [3.63, 3.8) is 0 Å². The minimum atomic E-state index is -0.292. The van der Waals surface area contributed by atoms with Crippen LogP contribution in [0.5, 0.6) is 0 Å². The summed E-state index contributed by atoms with van der Waals surface area (Å²) in [5, 5.41) is 5.06. The van der Waals surface area contributed by atoms with E-state index in [0.717, 1.165) is 48.3 Å². The first-order valence-electron chi connectivity index (χ1n) is 13.8. The van der Waals surface area contributed by atoms with Crippen molar-refractivity contribution >= 4 is 22.8 Å². The van der Waals surface area contributed by atoms with E-state index >= 15 is 0 Å². The molecule has 2 aromatic heterocycles. The van der Waals surface area contributed by atoms with Crippen molar-refractivity contribution in [1.82, 2.24) is 24.6 Å². The van der Waals surface area contributed by atoms with E-state index in [1.807, 2.05) is 79.8 Å². The number of anilines is 1. The second-order valence-electron chi connectivity index (χ2n) is 10.4. The Morgan fingerprint density at radius 1 is 0.951 bits per heavy atom. The van der Waals surface area contributed by atoms with Crippen molar-refractivity contribution in [2.75, 3.05) is 25.0 Å². The molecule has 0 atom stereocenters. The molecule has 0 unspecified atom stereocenters. The average Bonchev–Trinajstić information content (AvgIpc) is 3.37. The Balaban J connectivity index is 1.11. The van der Waals surface area contributed by atoms with Gasteiger partial charge in [-0.05, 0) is 42.7 Å². The largest absolute Gasteiger partial charge is 0.445 e. The van der Waals surface area contributed by atoms with Gasteiger partial charge in [0.2, 0.25) is 0 Å². The molecule has 1 fully saturated rings. The number of nitrogens with zero attached hydrogens (tertiary/aromatic N) is 5. The summed E-state index contributed by atoms with van der Waals surface area (Å²) < 4.78 is 7.17. The number of amides is 1. The molecule has 6 rings (SSSR count). The normalized spacial score (nSPS) is 13.9. The van der Waals surface area contributed by atoms with Gasteiger partial charge in [-0.1, -0.05) is 60.7 Å². The minimum absolute atomic E-state index is 0.134. The molecule has 1 aliphatic heterocycles. The summed E-state index contributed by atoms with van der Waals surface area (Å²) in [4.78, 5) is 37.5. The number of carbonyl (C=O) groups excluding carboxylic acids is 1. The number of hydrogen-bond acceptors (Lipinski definition) is 6. The Morgan fingerprint density at radius 2 is 1.61 bits per heavy atom. The summed E-state index contributed by atoms with van der Waals surface area (Å²) in [5.74, 6) is 0.506. The molecule has 9 nitrogen and oxygen atoms in total. The van der Waals surface area contributed by atoms with Crippen LogP contribution in [0, 0.1) is 0 Å². The van der Waals surface area contributed by atoms with Gasteiger partial charge in [-0.3, -0.25) is 4.79 Å². The van der Waals surface area contributed by atoms with Gasteiger partial charge in [0.25, 0.3) is 5.56 Å². The summed E-state index contributed by atoms with van der Waals surface area (Å²) in [6.07, 6.45) is 1.42. The lowest BCUT2D eigenvalue weighted by Gasteiger charge is -2.37. The average molecular weight is 549 g/mol. The topological polar surface area (TPSA) is 96.3 Å². The number of benzene rings is 3. The predicted molar refractivity (Wildman–Crippen MR) is 160 cm³/mol. The maximum Gasteiger partial charge on any atom is 0.410 e. The van der Waals surface area contributed by atoms with Gasteiger partial charge in [0, 0.05) is 50.0 Å². The van der Waals surface area contributed by atoms with Gasteiger partial charge >= 0.3 is 6.09 Å². The number of aryl methyl sites for hydroxylation is 1. The van der Waals surface area contributed by atoms with Gasteiger partial charge in [0.05, 0.1) is 0 Å². The maximum absolute atomic E-state index is 13.1. The van der Waals surface area contributed by atoms with Gasteiger partial charge in [-0.15, -0.1) is 0 Å². The van der Waals surface area contributed by atoms with Crippen molar-refractivity contribution in [3.8, 4) is 22.6 Å². The number of carbonyl (C=O) groups is 1. The third kappa shape index (κ3) is 5.43. The first-order valence-corrected chi connectivity index (χ1v) is 13.8. The fourth-order valence-electron chi connectivity index (χ4n) is 5.40. The molecular formula is C32H32N6O3. The van der Waals surface area contributed by atoms with Crippen LogP contribution in [0.15, 0.2) is 89.7 Å². The van der Waals surface area contributed by atoms with Crippen LogP contribution in [-0.4, -0.2) is 56.9 Å². The number of H-pyrrole nitrogens is 1. The second kappa shape index (κ2) is 11.3. The van der Waals surface area contributed by atoms with E-state index < -0.39 is 0 Å². The molecule has 0 aliphatic carbocycles. The van der Waals surface area contributed by atoms with E-state index in [0.29, 0.717) is 22.6 Å². The van der Waals surface area contributed by atoms with Crippen LogP contribution < -0.4 is 10.5 Å². The van der Waals surface area contributed by atoms with Crippen molar-refractivity contribution < 1.29 is 9.53 Å². The first-order chi connectivity index (χ1) is 20.0. The van der Waals surface area contributed by atoms with Crippen LogP contribution in [-0.2, 0) is 18.4 Å². The molecule has 0 spiro atoms. The standard InChI is InChI=1S/C32H32N6O3/c1-36(32(40)41-21-22-9-5-3-6-10-22)25-17-19-38(20-18-25)26-15-13-24(14-16-26)29-33-30-27(31(39)34-29)28(35-37(30)2)23-11-7-4-8-12-23/h3-16,25H,17-21H2,1-2H3,(H,33,34,39). The Labute approximate surface area is 238 Å². The van der Waals surface area contributed by atoms with Crippen molar-refractivity contribution in [1.29, 1.82) is 0 Å². The summed E-state index contributed by atoms with van der Waals surface area (Å²) in [6, 6.07) is 27.6. The zero-order valence-corrected chi connectivity index (χ0v) is 23.2. The molecule has 3 aromatic carbocycles. The van der Waals surface area contributed by atoms with Crippen LogP contribution in [0.1, 0.15) is 18.4 Å². The van der Waals surface area contributed by atoms with E-state index in [1.54, 1.807) is 16.6 Å². The Kier molecular flexibility index (Phi) is 7.24. The van der Waals surface area contributed by atoms with Crippen LogP contribution >= 0.6 is 0 Å². The van der Waals surface area contributed by atoms with Crippen LogP contribution in [0.4, 0.5) is 10.5 Å². The number of hydrogen-bond donors (Lipinski definition) is 1. The smallest absolute Gasteiger partial charge is 0.410 e. The third-order valence-electron chi connectivity index (χ3n) is 7.75. The lowest BCUT2D eigenvalue weighted by Crippen LogP contribution is -2.45. The lowest BCUT2D eigenvalue weighted by molar-refractivity contribution is 0.0862. The first kappa shape index (κ1) is 26.3. The number of aromatic nitrogens is 4. The van der Waals surface area contributed by atoms with E-state index in [9.17, 15) is 9.59 Å². The summed E-state index contributed by atoms with van der Waals surface area (Å²) in [6.45, 7) is 1.94. The van der Waals surface area contributed by atoms with Crippen molar-refractivity contribution in [2.24, 2.45) is 7.05 Å². The van der Waals surface area contributed by atoms with E-state index in [4.69, 9.17) is 9.72 Å². The van der Waals surface area contributed by atoms with Crippen molar-refractivity contribution in [3.05, 3.63) is 101 Å². The molecule has 41 heavy (non-hydrogen) atoms. The van der Waals surface area contributed by atoms with Crippen LogP contribution in [0.25, 0.3) is 33.7 Å². The van der Waals surface area contributed by atoms with Gasteiger partial charge in [0.15, 0.2) is 5.65 Å². The van der Waals surface area contributed by atoms with E-state index in [-0.39, 0.29) is 24.3 Å². The molecule has 1 N–H and O–H groups in total. The molecule has 5 aromatic rings. The van der Waals surface area contributed by atoms with E-state index in [1.165, 1.54) is 0 Å². The number of aromatic amines is 1. The van der Waals surface area contributed by atoms with Crippen LogP contribution in [0.2, 0.25) is 0 Å².